The zero-order valence-corrected chi connectivity index (χ0v) is 16.4. The van der Waals surface area contributed by atoms with Gasteiger partial charge in [-0.1, -0.05) is 18.2 Å². The van der Waals surface area contributed by atoms with Crippen LogP contribution in [0.1, 0.15) is 25.0 Å². The third-order valence-electron chi connectivity index (χ3n) is 3.89. The number of hydrogen-bond acceptors (Lipinski definition) is 5. The minimum absolute atomic E-state index is 0.180. The van der Waals surface area contributed by atoms with Gasteiger partial charge in [0.2, 0.25) is 5.91 Å². The van der Waals surface area contributed by atoms with Gasteiger partial charge in [0.25, 0.3) is 5.91 Å². The Kier molecular flexibility index (Phi) is 7.14. The number of hydrogen-bond donors (Lipinski definition) is 2. The summed E-state index contributed by atoms with van der Waals surface area (Å²) in [5, 5.41) is 5.28. The molecule has 0 aliphatic heterocycles. The van der Waals surface area contributed by atoms with E-state index < -0.39 is 18.0 Å². The van der Waals surface area contributed by atoms with E-state index in [1.165, 1.54) is 13.8 Å². The van der Waals surface area contributed by atoms with Gasteiger partial charge in [0.15, 0.2) is 12.7 Å². The van der Waals surface area contributed by atoms with Crippen LogP contribution in [0.4, 0.5) is 11.4 Å². The van der Waals surface area contributed by atoms with Crippen LogP contribution in [0.3, 0.4) is 0 Å². The van der Waals surface area contributed by atoms with Crippen LogP contribution in [-0.2, 0) is 19.1 Å². The average Bonchev–Trinajstić information content (AvgIpc) is 2.62. The Hall–Kier alpha value is -3.35. The molecule has 0 heterocycles. The number of carbonyl (C=O) groups excluding carboxylic acids is 3. The molecule has 0 bridgehead atoms. The number of carbonyl (C=O) groups is 3. The summed E-state index contributed by atoms with van der Waals surface area (Å²) in [6.45, 7) is 6.39. The van der Waals surface area contributed by atoms with Crippen molar-refractivity contribution >= 4 is 29.2 Å². The molecule has 0 unspecified atom stereocenters. The lowest BCUT2D eigenvalue weighted by molar-refractivity contribution is -0.155. The first-order valence-corrected chi connectivity index (χ1v) is 8.83. The third-order valence-corrected chi connectivity index (χ3v) is 3.89. The van der Waals surface area contributed by atoms with Crippen LogP contribution < -0.4 is 15.4 Å². The Morgan fingerprint density at radius 1 is 0.929 bits per heavy atom. The number of nitrogens with one attached hydrogen (secondary N) is 2. The van der Waals surface area contributed by atoms with Crippen molar-refractivity contribution in [2.24, 2.45) is 0 Å². The highest BCUT2D eigenvalue weighted by atomic mass is 16.6. The van der Waals surface area contributed by atoms with E-state index in [0.717, 1.165) is 11.1 Å². The minimum Gasteiger partial charge on any atom is -0.481 e. The van der Waals surface area contributed by atoms with E-state index in [9.17, 15) is 14.4 Å². The third kappa shape index (κ3) is 6.12. The van der Waals surface area contributed by atoms with Crippen molar-refractivity contribution in [1.82, 2.24) is 0 Å². The number of rotatable bonds is 7. The van der Waals surface area contributed by atoms with Crippen LogP contribution in [-0.4, -0.2) is 30.5 Å². The van der Waals surface area contributed by atoms with Gasteiger partial charge in [0.05, 0.1) is 0 Å². The summed E-state index contributed by atoms with van der Waals surface area (Å²) >= 11 is 0. The number of anilines is 2. The number of esters is 1. The summed E-state index contributed by atoms with van der Waals surface area (Å²) in [6.07, 6.45) is -0.982. The summed E-state index contributed by atoms with van der Waals surface area (Å²) in [5.74, 6) is -0.643. The first-order chi connectivity index (χ1) is 13.3. The van der Waals surface area contributed by atoms with Crippen molar-refractivity contribution in [3.63, 3.8) is 0 Å². The number of aryl methyl sites for hydroxylation is 2. The second-order valence-corrected chi connectivity index (χ2v) is 6.39. The fourth-order valence-electron chi connectivity index (χ4n) is 2.53. The second kappa shape index (κ2) is 9.55. The standard InChI is InChI=1S/C21H24N2O5/c1-13-6-5-7-14(2)20(13)27-12-19(25)28-15(3)21(26)23-18-10-8-17(9-11-18)22-16(4)24/h5-11,15H,12H2,1-4H3,(H,22,24)(H,23,26)/t15-/m0/s1. The number of ether oxygens (including phenoxy) is 2. The SMILES string of the molecule is CC(=O)Nc1ccc(NC(=O)[C@H](C)OC(=O)COc2c(C)cccc2C)cc1. The number of amides is 2. The van der Waals surface area contributed by atoms with E-state index in [1.54, 1.807) is 24.3 Å². The Bertz CT molecular complexity index is 841. The second-order valence-electron chi connectivity index (χ2n) is 6.39. The van der Waals surface area contributed by atoms with E-state index in [0.29, 0.717) is 17.1 Å². The van der Waals surface area contributed by atoms with Crippen LogP contribution >= 0.6 is 0 Å². The molecular weight excluding hydrogens is 360 g/mol. The van der Waals surface area contributed by atoms with Crippen molar-refractivity contribution in [3.05, 3.63) is 53.6 Å². The average molecular weight is 384 g/mol. The van der Waals surface area contributed by atoms with Gasteiger partial charge in [0.1, 0.15) is 5.75 Å². The highest BCUT2D eigenvalue weighted by molar-refractivity contribution is 5.95. The van der Waals surface area contributed by atoms with E-state index in [-0.39, 0.29) is 12.5 Å². The Balaban J connectivity index is 1.84. The summed E-state index contributed by atoms with van der Waals surface area (Å²) in [4.78, 5) is 35.2. The minimum atomic E-state index is -0.982. The predicted octanol–water partition coefficient (Wildman–Crippen LogP) is 3.21. The van der Waals surface area contributed by atoms with Crippen LogP contribution in [0, 0.1) is 13.8 Å². The molecule has 0 saturated carbocycles. The lowest BCUT2D eigenvalue weighted by Crippen LogP contribution is -2.31. The molecule has 0 radical (unpaired) electrons. The van der Waals surface area contributed by atoms with Gasteiger partial charge in [-0.2, -0.15) is 0 Å². The van der Waals surface area contributed by atoms with Crippen LogP contribution in [0.15, 0.2) is 42.5 Å². The Morgan fingerprint density at radius 2 is 1.46 bits per heavy atom. The molecule has 28 heavy (non-hydrogen) atoms. The van der Waals surface area contributed by atoms with E-state index >= 15 is 0 Å². The molecular formula is C21H24N2O5. The van der Waals surface area contributed by atoms with E-state index in [1.807, 2.05) is 32.0 Å². The topological polar surface area (TPSA) is 93.7 Å². The van der Waals surface area contributed by atoms with Gasteiger partial charge in [0, 0.05) is 18.3 Å². The molecule has 148 valence electrons. The molecule has 0 saturated heterocycles. The molecule has 2 aromatic carbocycles. The molecule has 2 rings (SSSR count). The van der Waals surface area contributed by atoms with Gasteiger partial charge in [-0.25, -0.2) is 4.79 Å². The smallest absolute Gasteiger partial charge is 0.344 e. The van der Waals surface area contributed by atoms with Crippen molar-refractivity contribution in [2.45, 2.75) is 33.8 Å². The summed E-state index contributed by atoms with van der Waals surface area (Å²) in [5.41, 5.74) is 2.98. The van der Waals surface area contributed by atoms with Crippen molar-refractivity contribution in [1.29, 1.82) is 0 Å². The highest BCUT2D eigenvalue weighted by Gasteiger charge is 2.19. The van der Waals surface area contributed by atoms with Gasteiger partial charge < -0.3 is 20.1 Å². The molecule has 0 aliphatic carbocycles. The fraction of sp³-hybridized carbons (Fsp3) is 0.286. The van der Waals surface area contributed by atoms with E-state index in [2.05, 4.69) is 10.6 Å². The van der Waals surface area contributed by atoms with E-state index in [4.69, 9.17) is 9.47 Å². The molecule has 0 spiro atoms. The first kappa shape index (κ1) is 21.0. The van der Waals surface area contributed by atoms with Gasteiger partial charge in [-0.05, 0) is 56.2 Å². The molecule has 7 heteroatoms. The number of para-hydroxylation sites is 1. The zero-order chi connectivity index (χ0) is 20.7. The molecule has 0 aliphatic rings. The normalized spacial score (nSPS) is 11.3. The maximum absolute atomic E-state index is 12.2. The lowest BCUT2D eigenvalue weighted by Gasteiger charge is -2.15. The highest BCUT2D eigenvalue weighted by Crippen LogP contribution is 2.22. The zero-order valence-electron chi connectivity index (χ0n) is 16.4. The molecule has 0 aromatic heterocycles. The van der Waals surface area contributed by atoms with Gasteiger partial charge >= 0.3 is 5.97 Å². The Morgan fingerprint density at radius 3 is 2.00 bits per heavy atom. The molecule has 2 amide bonds. The van der Waals surface area contributed by atoms with Crippen molar-refractivity contribution in [3.8, 4) is 5.75 Å². The summed E-state index contributed by atoms with van der Waals surface area (Å²) in [6, 6.07) is 12.3. The van der Waals surface area contributed by atoms with Crippen molar-refractivity contribution in [2.75, 3.05) is 17.2 Å². The maximum Gasteiger partial charge on any atom is 0.344 e. The Labute approximate surface area is 164 Å². The molecule has 0 fully saturated rings. The lowest BCUT2D eigenvalue weighted by atomic mass is 10.1. The van der Waals surface area contributed by atoms with Crippen molar-refractivity contribution < 1.29 is 23.9 Å². The largest absolute Gasteiger partial charge is 0.481 e. The van der Waals surface area contributed by atoms with Crippen LogP contribution in [0.5, 0.6) is 5.75 Å². The fourth-order valence-corrected chi connectivity index (χ4v) is 2.53. The molecule has 1 atom stereocenters. The summed E-state index contributed by atoms with van der Waals surface area (Å²) in [7, 11) is 0. The quantitative estimate of drug-likeness (QED) is 0.715. The van der Waals surface area contributed by atoms with Gasteiger partial charge in [-0.3, -0.25) is 9.59 Å². The summed E-state index contributed by atoms with van der Waals surface area (Å²) < 4.78 is 10.7. The monoisotopic (exact) mass is 384 g/mol. The maximum atomic E-state index is 12.2. The number of benzene rings is 2. The van der Waals surface area contributed by atoms with Gasteiger partial charge in [-0.15, -0.1) is 0 Å². The predicted molar refractivity (Wildman–Crippen MR) is 106 cm³/mol. The van der Waals surface area contributed by atoms with Crippen LogP contribution in [0.25, 0.3) is 0 Å². The molecule has 2 aromatic rings. The van der Waals surface area contributed by atoms with Crippen LogP contribution in [0.2, 0.25) is 0 Å². The first-order valence-electron chi connectivity index (χ1n) is 8.83. The molecule has 2 N–H and O–H groups in total. The molecule has 7 nitrogen and oxygen atoms in total.